The predicted molar refractivity (Wildman–Crippen MR) is 69.2 cm³/mol. The van der Waals surface area contributed by atoms with Crippen LogP contribution in [0.15, 0.2) is 46.9 Å². The second-order valence-electron chi connectivity index (χ2n) is 3.78. The minimum Gasteiger partial charge on any atom is -0.423 e. The van der Waals surface area contributed by atoms with Gasteiger partial charge in [-0.25, -0.2) is 0 Å². The van der Waals surface area contributed by atoms with E-state index in [-0.39, 0.29) is 10.9 Å². The number of oxazole rings is 1. The molecule has 18 heavy (non-hydrogen) atoms. The van der Waals surface area contributed by atoms with Gasteiger partial charge in [-0.3, -0.25) is 0 Å². The number of aromatic nitrogens is 1. The maximum atomic E-state index is 8.83. The van der Waals surface area contributed by atoms with E-state index in [1.54, 1.807) is 0 Å². The summed E-state index contributed by atoms with van der Waals surface area (Å²) in [5.41, 5.74) is 0.941. The Kier molecular flexibility index (Phi) is 2.51. The van der Waals surface area contributed by atoms with Gasteiger partial charge in [0.2, 0.25) is 11.1 Å². The van der Waals surface area contributed by atoms with E-state index < -0.39 is 0 Å². The lowest BCUT2D eigenvalue weighted by Crippen LogP contribution is -1.81. The van der Waals surface area contributed by atoms with E-state index in [1.165, 1.54) is 0 Å². The number of benzene rings is 2. The summed E-state index contributed by atoms with van der Waals surface area (Å²) in [6.07, 6.45) is 0. The molecule has 3 rings (SSSR count). The van der Waals surface area contributed by atoms with Gasteiger partial charge in [0.05, 0.1) is 0 Å². The Morgan fingerprint density at radius 1 is 1.11 bits per heavy atom. The van der Waals surface area contributed by atoms with Crippen molar-refractivity contribution in [2.24, 2.45) is 0 Å². The fourth-order valence-corrected chi connectivity index (χ4v) is 2.06. The minimum absolute atomic E-state index is 0.0282. The topological polar surface area (TPSA) is 49.8 Å². The zero-order chi connectivity index (χ0) is 12.5. The van der Waals surface area contributed by atoms with E-state index in [1.807, 2.05) is 48.5 Å². The number of nitrogens with zero attached hydrogens (tertiary/aromatic N) is 2. The summed E-state index contributed by atoms with van der Waals surface area (Å²) in [4.78, 5) is 4.09. The molecule has 0 aliphatic carbocycles. The highest BCUT2D eigenvalue weighted by Crippen LogP contribution is 2.30. The number of fused-ring (bicyclic) bond motifs is 1. The van der Waals surface area contributed by atoms with Crippen molar-refractivity contribution in [3.8, 4) is 17.5 Å². The maximum absolute atomic E-state index is 8.83. The van der Waals surface area contributed by atoms with Crippen molar-refractivity contribution < 1.29 is 4.42 Å². The molecule has 0 spiro atoms. The van der Waals surface area contributed by atoms with Gasteiger partial charge in [0.25, 0.3) is 0 Å². The average Bonchev–Trinajstić information content (AvgIpc) is 2.79. The predicted octanol–water partition coefficient (Wildman–Crippen LogP) is 4.02. The third-order valence-corrected chi connectivity index (χ3v) is 2.97. The molecule has 0 bridgehead atoms. The van der Waals surface area contributed by atoms with E-state index in [0.29, 0.717) is 5.89 Å². The Bertz CT molecular complexity index is 766. The lowest BCUT2D eigenvalue weighted by molar-refractivity contribution is 0.577. The van der Waals surface area contributed by atoms with Crippen LogP contribution in [0.1, 0.15) is 5.69 Å². The maximum Gasteiger partial charge on any atom is 0.232 e. The first kappa shape index (κ1) is 10.8. The van der Waals surface area contributed by atoms with Crippen LogP contribution >= 0.6 is 11.6 Å². The lowest BCUT2D eigenvalue weighted by Gasteiger charge is -2.01. The summed E-state index contributed by atoms with van der Waals surface area (Å²) in [5, 5.41) is 11.0. The van der Waals surface area contributed by atoms with Crippen LogP contribution in [-0.2, 0) is 0 Å². The molecule has 1 aromatic heterocycles. The zero-order valence-corrected chi connectivity index (χ0v) is 9.98. The Hall–Kier alpha value is -2.31. The third-order valence-electron chi connectivity index (χ3n) is 2.71. The Morgan fingerprint density at radius 3 is 2.67 bits per heavy atom. The summed E-state index contributed by atoms with van der Waals surface area (Å²) in [5.74, 6) is 0.369. The number of nitriles is 1. The monoisotopic (exact) mass is 254 g/mol. The van der Waals surface area contributed by atoms with Gasteiger partial charge in [0, 0.05) is 5.56 Å². The number of halogens is 1. The van der Waals surface area contributed by atoms with Gasteiger partial charge >= 0.3 is 0 Å². The van der Waals surface area contributed by atoms with Gasteiger partial charge in [0.15, 0.2) is 5.69 Å². The van der Waals surface area contributed by atoms with E-state index in [9.17, 15) is 0 Å². The first-order chi connectivity index (χ1) is 8.79. The quantitative estimate of drug-likeness (QED) is 0.659. The molecule has 0 aliphatic rings. The van der Waals surface area contributed by atoms with Crippen molar-refractivity contribution in [2.75, 3.05) is 0 Å². The van der Waals surface area contributed by atoms with E-state index in [4.69, 9.17) is 21.3 Å². The van der Waals surface area contributed by atoms with Crippen LogP contribution in [0.2, 0.25) is 5.22 Å². The van der Waals surface area contributed by atoms with Crippen molar-refractivity contribution in [1.82, 2.24) is 4.98 Å². The Labute approximate surface area is 108 Å². The molecule has 0 fully saturated rings. The van der Waals surface area contributed by atoms with E-state index >= 15 is 0 Å². The van der Waals surface area contributed by atoms with Crippen molar-refractivity contribution in [1.29, 1.82) is 5.26 Å². The lowest BCUT2D eigenvalue weighted by atomic mass is 10.0. The van der Waals surface area contributed by atoms with Crippen LogP contribution in [-0.4, -0.2) is 4.98 Å². The number of rotatable bonds is 1. The molecular weight excluding hydrogens is 248 g/mol. The highest BCUT2D eigenvalue weighted by Gasteiger charge is 2.14. The molecule has 4 heteroatoms. The SMILES string of the molecule is N#Cc1nc(-c2cccc3ccccc23)oc1Cl. The molecule has 0 saturated carbocycles. The van der Waals surface area contributed by atoms with Crippen LogP contribution in [0.25, 0.3) is 22.2 Å². The summed E-state index contributed by atoms with van der Waals surface area (Å²) < 4.78 is 5.33. The van der Waals surface area contributed by atoms with Crippen molar-refractivity contribution in [2.45, 2.75) is 0 Å². The largest absolute Gasteiger partial charge is 0.423 e. The molecule has 0 radical (unpaired) electrons. The summed E-state index contributed by atoms with van der Waals surface area (Å²) in [6, 6.07) is 15.6. The molecule has 0 saturated heterocycles. The zero-order valence-electron chi connectivity index (χ0n) is 9.22. The number of hydrogen-bond acceptors (Lipinski definition) is 3. The summed E-state index contributed by atoms with van der Waals surface area (Å²) in [6.45, 7) is 0. The Morgan fingerprint density at radius 2 is 1.89 bits per heavy atom. The molecular formula is C14H7ClN2O. The van der Waals surface area contributed by atoms with Crippen molar-refractivity contribution in [3.63, 3.8) is 0 Å². The van der Waals surface area contributed by atoms with Crippen LogP contribution in [0.5, 0.6) is 0 Å². The fraction of sp³-hybridized carbons (Fsp3) is 0. The van der Waals surface area contributed by atoms with Gasteiger partial charge in [-0.1, -0.05) is 36.4 Å². The number of hydrogen-bond donors (Lipinski definition) is 0. The molecule has 86 valence electrons. The molecule has 0 unspecified atom stereocenters. The average molecular weight is 255 g/mol. The van der Waals surface area contributed by atoms with E-state index in [2.05, 4.69) is 4.98 Å². The molecule has 0 N–H and O–H groups in total. The highest BCUT2D eigenvalue weighted by molar-refractivity contribution is 6.29. The summed E-state index contributed by atoms with van der Waals surface area (Å²) in [7, 11) is 0. The van der Waals surface area contributed by atoms with Gasteiger partial charge in [-0.05, 0) is 28.4 Å². The Balaban J connectivity index is 2.28. The van der Waals surface area contributed by atoms with Crippen LogP contribution in [0, 0.1) is 11.3 Å². The van der Waals surface area contributed by atoms with Crippen LogP contribution < -0.4 is 0 Å². The molecule has 0 aliphatic heterocycles. The van der Waals surface area contributed by atoms with Gasteiger partial charge < -0.3 is 4.42 Å². The molecule has 1 heterocycles. The van der Waals surface area contributed by atoms with Gasteiger partial charge in [0.1, 0.15) is 6.07 Å². The van der Waals surface area contributed by atoms with Crippen LogP contribution in [0.3, 0.4) is 0 Å². The minimum atomic E-state index is 0.0282. The van der Waals surface area contributed by atoms with Crippen molar-refractivity contribution in [3.05, 3.63) is 53.4 Å². The summed E-state index contributed by atoms with van der Waals surface area (Å²) >= 11 is 5.79. The first-order valence-electron chi connectivity index (χ1n) is 5.34. The second-order valence-corrected chi connectivity index (χ2v) is 4.12. The molecule has 3 aromatic rings. The smallest absolute Gasteiger partial charge is 0.232 e. The van der Waals surface area contributed by atoms with E-state index in [0.717, 1.165) is 16.3 Å². The van der Waals surface area contributed by atoms with Gasteiger partial charge in [-0.2, -0.15) is 10.2 Å². The van der Waals surface area contributed by atoms with Crippen molar-refractivity contribution >= 4 is 22.4 Å². The second kappa shape index (κ2) is 4.17. The fourth-order valence-electron chi connectivity index (χ4n) is 1.90. The first-order valence-corrected chi connectivity index (χ1v) is 5.72. The highest BCUT2D eigenvalue weighted by atomic mass is 35.5. The molecule has 0 atom stereocenters. The third kappa shape index (κ3) is 1.64. The molecule has 3 nitrogen and oxygen atoms in total. The normalized spacial score (nSPS) is 10.4. The van der Waals surface area contributed by atoms with Gasteiger partial charge in [-0.15, -0.1) is 0 Å². The van der Waals surface area contributed by atoms with Crippen LogP contribution in [0.4, 0.5) is 0 Å². The molecule has 0 amide bonds. The molecule has 2 aromatic carbocycles. The standard InChI is InChI=1S/C14H7ClN2O/c15-13-12(8-16)17-14(18-13)11-7-3-5-9-4-1-2-6-10(9)11/h1-7H.